The van der Waals surface area contributed by atoms with Gasteiger partial charge in [0, 0.05) is 38.6 Å². The molecule has 0 aliphatic heterocycles. The second-order valence-electron chi connectivity index (χ2n) is 7.06. The third-order valence-corrected chi connectivity index (χ3v) is 4.61. The van der Waals surface area contributed by atoms with E-state index in [1.165, 1.54) is 5.56 Å². The SMILES string of the molecule is CCNC(=NCCCc1nc(C)no1)NCCC(C)N(C)Cc1ccccc1. The normalized spacial score (nSPS) is 13.0. The number of hydrogen-bond donors (Lipinski definition) is 2. The molecule has 0 radical (unpaired) electrons. The molecule has 0 saturated heterocycles. The first kappa shape index (κ1) is 21.9. The van der Waals surface area contributed by atoms with E-state index in [9.17, 15) is 0 Å². The zero-order valence-corrected chi connectivity index (χ0v) is 17.6. The summed E-state index contributed by atoms with van der Waals surface area (Å²) in [6.07, 6.45) is 2.69. The molecule has 0 fully saturated rings. The third-order valence-electron chi connectivity index (χ3n) is 4.61. The number of rotatable bonds is 11. The van der Waals surface area contributed by atoms with E-state index in [1.807, 2.05) is 6.92 Å². The van der Waals surface area contributed by atoms with Crippen LogP contribution in [0.1, 0.15) is 44.0 Å². The van der Waals surface area contributed by atoms with Crippen molar-refractivity contribution in [2.24, 2.45) is 4.99 Å². The summed E-state index contributed by atoms with van der Waals surface area (Å²) in [6, 6.07) is 11.1. The molecule has 0 bridgehead atoms. The van der Waals surface area contributed by atoms with Gasteiger partial charge in [-0.2, -0.15) is 4.98 Å². The van der Waals surface area contributed by atoms with E-state index >= 15 is 0 Å². The maximum Gasteiger partial charge on any atom is 0.226 e. The average Bonchev–Trinajstić information content (AvgIpc) is 3.11. The minimum absolute atomic E-state index is 0.483. The lowest BCUT2D eigenvalue weighted by atomic mass is 10.1. The number of nitrogens with one attached hydrogen (secondary N) is 2. The molecule has 7 heteroatoms. The van der Waals surface area contributed by atoms with E-state index in [2.05, 4.69) is 81.9 Å². The Kier molecular flexibility index (Phi) is 9.48. The van der Waals surface area contributed by atoms with Crippen molar-refractivity contribution in [3.05, 3.63) is 47.6 Å². The first-order chi connectivity index (χ1) is 13.6. The molecule has 2 rings (SSSR count). The van der Waals surface area contributed by atoms with E-state index in [0.717, 1.165) is 51.4 Å². The van der Waals surface area contributed by atoms with Crippen LogP contribution >= 0.6 is 0 Å². The fourth-order valence-corrected chi connectivity index (χ4v) is 2.85. The highest BCUT2D eigenvalue weighted by Gasteiger charge is 2.10. The van der Waals surface area contributed by atoms with E-state index < -0.39 is 0 Å². The van der Waals surface area contributed by atoms with Crippen LogP contribution in [-0.4, -0.2) is 53.7 Å². The van der Waals surface area contributed by atoms with Gasteiger partial charge in [-0.1, -0.05) is 35.5 Å². The van der Waals surface area contributed by atoms with Crippen molar-refractivity contribution < 1.29 is 4.52 Å². The third kappa shape index (κ3) is 8.08. The summed E-state index contributed by atoms with van der Waals surface area (Å²) in [6.45, 7) is 9.59. The Morgan fingerprint density at radius 2 is 2.04 bits per heavy atom. The van der Waals surface area contributed by atoms with Crippen LogP contribution in [0.25, 0.3) is 0 Å². The molecule has 154 valence electrons. The van der Waals surface area contributed by atoms with Gasteiger partial charge in [0.25, 0.3) is 0 Å². The highest BCUT2D eigenvalue weighted by Crippen LogP contribution is 2.08. The molecule has 2 aromatic rings. The number of aliphatic imine (C=N–C) groups is 1. The summed E-state index contributed by atoms with van der Waals surface area (Å²) in [5.74, 6) is 2.22. The number of benzene rings is 1. The maximum absolute atomic E-state index is 5.13. The van der Waals surface area contributed by atoms with Gasteiger partial charge in [-0.3, -0.25) is 9.89 Å². The van der Waals surface area contributed by atoms with Crippen LogP contribution in [0.5, 0.6) is 0 Å². The predicted octanol–water partition coefficient (Wildman–Crippen LogP) is 2.78. The zero-order chi connectivity index (χ0) is 20.2. The summed E-state index contributed by atoms with van der Waals surface area (Å²) >= 11 is 0. The molecule has 1 heterocycles. The number of aryl methyl sites for hydroxylation is 2. The summed E-state index contributed by atoms with van der Waals surface area (Å²) in [7, 11) is 2.18. The molecular formula is C21H34N6O. The van der Waals surface area contributed by atoms with Crippen molar-refractivity contribution in [1.29, 1.82) is 0 Å². The van der Waals surface area contributed by atoms with E-state index in [-0.39, 0.29) is 0 Å². The predicted molar refractivity (Wildman–Crippen MR) is 113 cm³/mol. The highest BCUT2D eigenvalue weighted by atomic mass is 16.5. The van der Waals surface area contributed by atoms with Crippen molar-refractivity contribution in [1.82, 2.24) is 25.7 Å². The molecule has 0 aliphatic carbocycles. The van der Waals surface area contributed by atoms with Crippen molar-refractivity contribution in [3.63, 3.8) is 0 Å². The van der Waals surface area contributed by atoms with Crippen molar-refractivity contribution in [3.8, 4) is 0 Å². The summed E-state index contributed by atoms with van der Waals surface area (Å²) < 4.78 is 5.13. The monoisotopic (exact) mass is 386 g/mol. The number of aromatic nitrogens is 2. The number of nitrogens with zero attached hydrogens (tertiary/aromatic N) is 4. The van der Waals surface area contributed by atoms with Crippen LogP contribution in [0, 0.1) is 6.92 Å². The fraction of sp³-hybridized carbons (Fsp3) is 0.571. The molecular weight excluding hydrogens is 352 g/mol. The van der Waals surface area contributed by atoms with E-state index in [4.69, 9.17) is 4.52 Å². The Morgan fingerprint density at radius 3 is 2.71 bits per heavy atom. The molecule has 0 saturated carbocycles. The fourth-order valence-electron chi connectivity index (χ4n) is 2.85. The van der Waals surface area contributed by atoms with Crippen LogP contribution in [-0.2, 0) is 13.0 Å². The molecule has 28 heavy (non-hydrogen) atoms. The smallest absolute Gasteiger partial charge is 0.226 e. The largest absolute Gasteiger partial charge is 0.357 e. The first-order valence-corrected chi connectivity index (χ1v) is 10.1. The quantitative estimate of drug-likeness (QED) is 0.351. The van der Waals surface area contributed by atoms with Gasteiger partial charge in [0.2, 0.25) is 5.89 Å². The number of hydrogen-bond acceptors (Lipinski definition) is 5. The second-order valence-corrected chi connectivity index (χ2v) is 7.06. The molecule has 1 unspecified atom stereocenters. The van der Waals surface area contributed by atoms with Gasteiger partial charge in [-0.25, -0.2) is 0 Å². The average molecular weight is 387 g/mol. The molecule has 0 spiro atoms. The summed E-state index contributed by atoms with van der Waals surface area (Å²) in [5.41, 5.74) is 1.34. The minimum Gasteiger partial charge on any atom is -0.357 e. The van der Waals surface area contributed by atoms with Gasteiger partial charge in [-0.15, -0.1) is 0 Å². The van der Waals surface area contributed by atoms with E-state index in [1.54, 1.807) is 0 Å². The van der Waals surface area contributed by atoms with E-state index in [0.29, 0.717) is 17.8 Å². The Balaban J connectivity index is 1.69. The Bertz CT molecular complexity index is 700. The molecule has 2 N–H and O–H groups in total. The van der Waals surface area contributed by atoms with Gasteiger partial charge in [-0.05, 0) is 46.2 Å². The summed E-state index contributed by atoms with van der Waals surface area (Å²) in [5, 5.41) is 10.5. The topological polar surface area (TPSA) is 78.6 Å². The number of guanidine groups is 1. The Hall–Kier alpha value is -2.41. The van der Waals surface area contributed by atoms with Crippen molar-refractivity contribution >= 4 is 5.96 Å². The standard InChI is InChI=1S/C21H34N6O/c1-5-22-21(23-14-9-12-20-25-18(3)26-28-20)24-15-13-17(2)27(4)16-19-10-7-6-8-11-19/h6-8,10-11,17H,5,9,12-16H2,1-4H3,(H2,22,23,24). The second kappa shape index (κ2) is 12.1. The lowest BCUT2D eigenvalue weighted by molar-refractivity contribution is 0.238. The van der Waals surface area contributed by atoms with Gasteiger partial charge >= 0.3 is 0 Å². The molecule has 7 nitrogen and oxygen atoms in total. The summed E-state index contributed by atoms with van der Waals surface area (Å²) in [4.78, 5) is 11.2. The van der Waals surface area contributed by atoms with Gasteiger partial charge in [0.1, 0.15) is 0 Å². The van der Waals surface area contributed by atoms with Gasteiger partial charge in [0.15, 0.2) is 11.8 Å². The van der Waals surface area contributed by atoms with Crippen LogP contribution in [0.3, 0.4) is 0 Å². The van der Waals surface area contributed by atoms with Crippen LogP contribution in [0.2, 0.25) is 0 Å². The van der Waals surface area contributed by atoms with Crippen molar-refractivity contribution in [2.75, 3.05) is 26.7 Å². The van der Waals surface area contributed by atoms with Crippen LogP contribution in [0.15, 0.2) is 39.8 Å². The molecule has 1 aromatic carbocycles. The Morgan fingerprint density at radius 1 is 1.25 bits per heavy atom. The highest BCUT2D eigenvalue weighted by molar-refractivity contribution is 5.79. The first-order valence-electron chi connectivity index (χ1n) is 10.1. The molecule has 0 amide bonds. The molecule has 1 aromatic heterocycles. The zero-order valence-electron chi connectivity index (χ0n) is 17.6. The van der Waals surface area contributed by atoms with Crippen LogP contribution in [0.4, 0.5) is 0 Å². The molecule has 0 aliphatic rings. The molecule has 1 atom stereocenters. The lowest BCUT2D eigenvalue weighted by Gasteiger charge is -2.25. The maximum atomic E-state index is 5.13. The lowest BCUT2D eigenvalue weighted by Crippen LogP contribution is -2.40. The van der Waals surface area contributed by atoms with Gasteiger partial charge < -0.3 is 15.2 Å². The minimum atomic E-state index is 0.483. The van der Waals surface area contributed by atoms with Gasteiger partial charge in [0.05, 0.1) is 0 Å². The Labute approximate surface area is 168 Å². The van der Waals surface area contributed by atoms with Crippen LogP contribution < -0.4 is 10.6 Å². The van der Waals surface area contributed by atoms with Crippen molar-refractivity contribution in [2.45, 2.75) is 52.6 Å².